The number of carbonyl (C=O) groups is 1. The molecule has 2 atom stereocenters. The van der Waals surface area contributed by atoms with Crippen LogP contribution in [0.15, 0.2) is 28.7 Å². The molecule has 1 N–H and O–H groups in total. The molecule has 1 aliphatic rings. The standard InChI is InChI=1S/C14H15NO2/c1-8-11(7-13(16)15-8)14-9(2)17-12-6-4-3-5-10(12)14/h3-6,8,11H,7H2,1-2H3,(H,15,16). The zero-order valence-electron chi connectivity index (χ0n) is 9.99. The van der Waals surface area contributed by atoms with Gasteiger partial charge >= 0.3 is 0 Å². The molecule has 1 aromatic carbocycles. The normalized spacial score (nSPS) is 24.2. The number of benzene rings is 1. The molecule has 3 rings (SSSR count). The molecule has 1 fully saturated rings. The average molecular weight is 229 g/mol. The molecular weight excluding hydrogens is 214 g/mol. The van der Waals surface area contributed by atoms with Crippen LogP contribution in [0.4, 0.5) is 0 Å². The van der Waals surface area contributed by atoms with Crippen molar-refractivity contribution < 1.29 is 9.21 Å². The molecule has 0 bridgehead atoms. The zero-order chi connectivity index (χ0) is 12.0. The van der Waals surface area contributed by atoms with Gasteiger partial charge in [0, 0.05) is 29.3 Å². The number of furan rings is 1. The third-order valence-corrected chi connectivity index (χ3v) is 3.59. The first-order chi connectivity index (χ1) is 8.16. The Morgan fingerprint density at radius 2 is 2.12 bits per heavy atom. The fourth-order valence-electron chi connectivity index (χ4n) is 2.79. The Bertz CT molecular complexity index is 585. The molecule has 1 saturated heterocycles. The molecule has 1 aliphatic heterocycles. The van der Waals surface area contributed by atoms with E-state index in [2.05, 4.69) is 18.3 Å². The van der Waals surface area contributed by atoms with Gasteiger partial charge in [-0.25, -0.2) is 0 Å². The molecule has 0 saturated carbocycles. The predicted octanol–water partition coefficient (Wildman–Crippen LogP) is 2.73. The van der Waals surface area contributed by atoms with E-state index in [-0.39, 0.29) is 17.9 Å². The van der Waals surface area contributed by atoms with Crippen molar-refractivity contribution in [3.05, 3.63) is 35.6 Å². The van der Waals surface area contributed by atoms with Gasteiger partial charge in [0.15, 0.2) is 0 Å². The molecule has 3 heteroatoms. The van der Waals surface area contributed by atoms with E-state index in [1.807, 2.05) is 25.1 Å². The molecule has 1 amide bonds. The lowest BCUT2D eigenvalue weighted by molar-refractivity contribution is -0.119. The molecule has 2 unspecified atom stereocenters. The highest BCUT2D eigenvalue weighted by atomic mass is 16.3. The first-order valence-electron chi connectivity index (χ1n) is 5.94. The van der Waals surface area contributed by atoms with Crippen LogP contribution in [0, 0.1) is 6.92 Å². The summed E-state index contributed by atoms with van der Waals surface area (Å²) in [6.07, 6.45) is 0.561. The van der Waals surface area contributed by atoms with Gasteiger partial charge in [-0.15, -0.1) is 0 Å². The Labute approximate surface area is 99.8 Å². The number of aryl methyl sites for hydroxylation is 1. The minimum atomic E-state index is 0.132. The van der Waals surface area contributed by atoms with Crippen molar-refractivity contribution >= 4 is 16.9 Å². The van der Waals surface area contributed by atoms with E-state index in [1.54, 1.807) is 0 Å². The number of amides is 1. The smallest absolute Gasteiger partial charge is 0.220 e. The highest BCUT2D eigenvalue weighted by Gasteiger charge is 2.33. The molecule has 1 aromatic heterocycles. The molecule has 0 spiro atoms. The van der Waals surface area contributed by atoms with Gasteiger partial charge in [0.05, 0.1) is 0 Å². The first-order valence-corrected chi connectivity index (χ1v) is 5.94. The largest absolute Gasteiger partial charge is 0.461 e. The molecular formula is C14H15NO2. The van der Waals surface area contributed by atoms with Crippen molar-refractivity contribution in [3.8, 4) is 0 Å². The molecule has 2 aromatic rings. The van der Waals surface area contributed by atoms with Crippen LogP contribution in [-0.4, -0.2) is 11.9 Å². The molecule has 2 heterocycles. The summed E-state index contributed by atoms with van der Waals surface area (Å²) in [6.45, 7) is 4.03. The highest BCUT2D eigenvalue weighted by Crippen LogP contribution is 2.37. The fraction of sp³-hybridized carbons (Fsp3) is 0.357. The van der Waals surface area contributed by atoms with Crippen molar-refractivity contribution in [3.63, 3.8) is 0 Å². The average Bonchev–Trinajstić information content (AvgIpc) is 2.77. The summed E-state index contributed by atoms with van der Waals surface area (Å²) in [7, 11) is 0. The summed E-state index contributed by atoms with van der Waals surface area (Å²) in [5.74, 6) is 1.29. The second-order valence-electron chi connectivity index (χ2n) is 4.73. The Morgan fingerprint density at radius 3 is 2.82 bits per heavy atom. The zero-order valence-corrected chi connectivity index (χ0v) is 9.99. The van der Waals surface area contributed by atoms with E-state index in [0.29, 0.717) is 6.42 Å². The van der Waals surface area contributed by atoms with Crippen LogP contribution in [0.25, 0.3) is 11.0 Å². The predicted molar refractivity (Wildman–Crippen MR) is 65.9 cm³/mol. The van der Waals surface area contributed by atoms with Crippen LogP contribution in [0.2, 0.25) is 0 Å². The molecule has 0 aliphatic carbocycles. The Hall–Kier alpha value is -1.77. The summed E-state index contributed by atoms with van der Waals surface area (Å²) >= 11 is 0. The number of fused-ring (bicyclic) bond motifs is 1. The number of hydrogen-bond acceptors (Lipinski definition) is 2. The summed E-state index contributed by atoms with van der Waals surface area (Å²) in [5.41, 5.74) is 2.10. The first kappa shape index (κ1) is 10.4. The van der Waals surface area contributed by atoms with Crippen LogP contribution in [0.1, 0.15) is 30.6 Å². The van der Waals surface area contributed by atoms with Gasteiger partial charge in [-0.3, -0.25) is 4.79 Å². The molecule has 88 valence electrons. The van der Waals surface area contributed by atoms with Gasteiger partial charge in [0.25, 0.3) is 0 Å². The molecule has 17 heavy (non-hydrogen) atoms. The van der Waals surface area contributed by atoms with Crippen LogP contribution in [0.3, 0.4) is 0 Å². The Kier molecular flexibility index (Phi) is 2.21. The van der Waals surface area contributed by atoms with Crippen molar-refractivity contribution in [2.75, 3.05) is 0 Å². The van der Waals surface area contributed by atoms with E-state index in [9.17, 15) is 4.79 Å². The van der Waals surface area contributed by atoms with Crippen LogP contribution < -0.4 is 5.32 Å². The van der Waals surface area contributed by atoms with E-state index in [4.69, 9.17) is 4.42 Å². The summed E-state index contributed by atoms with van der Waals surface area (Å²) in [4.78, 5) is 11.5. The summed E-state index contributed by atoms with van der Waals surface area (Å²) < 4.78 is 5.76. The molecule has 3 nitrogen and oxygen atoms in total. The van der Waals surface area contributed by atoms with Crippen LogP contribution >= 0.6 is 0 Å². The van der Waals surface area contributed by atoms with Crippen LogP contribution in [0.5, 0.6) is 0 Å². The van der Waals surface area contributed by atoms with Crippen molar-refractivity contribution in [1.82, 2.24) is 5.32 Å². The van der Waals surface area contributed by atoms with Crippen molar-refractivity contribution in [1.29, 1.82) is 0 Å². The van der Waals surface area contributed by atoms with Crippen molar-refractivity contribution in [2.45, 2.75) is 32.2 Å². The summed E-state index contributed by atoms with van der Waals surface area (Å²) in [6, 6.07) is 8.20. The second-order valence-corrected chi connectivity index (χ2v) is 4.73. The van der Waals surface area contributed by atoms with Gasteiger partial charge < -0.3 is 9.73 Å². The number of nitrogens with one attached hydrogen (secondary N) is 1. The van der Waals surface area contributed by atoms with Crippen LogP contribution in [-0.2, 0) is 4.79 Å². The maximum Gasteiger partial charge on any atom is 0.220 e. The maximum atomic E-state index is 11.5. The van der Waals surface area contributed by atoms with E-state index >= 15 is 0 Å². The Morgan fingerprint density at radius 1 is 1.35 bits per heavy atom. The number of hydrogen-bond donors (Lipinski definition) is 1. The number of para-hydroxylation sites is 1. The monoisotopic (exact) mass is 229 g/mol. The fourth-order valence-corrected chi connectivity index (χ4v) is 2.79. The van der Waals surface area contributed by atoms with Crippen molar-refractivity contribution in [2.24, 2.45) is 0 Å². The van der Waals surface area contributed by atoms with Gasteiger partial charge in [-0.1, -0.05) is 18.2 Å². The minimum Gasteiger partial charge on any atom is -0.461 e. The minimum absolute atomic E-state index is 0.132. The topological polar surface area (TPSA) is 42.2 Å². The SMILES string of the molecule is Cc1oc2ccccc2c1C1CC(=O)NC1C. The lowest BCUT2D eigenvalue weighted by Gasteiger charge is -2.13. The highest BCUT2D eigenvalue weighted by molar-refractivity contribution is 5.86. The summed E-state index contributed by atoms with van der Waals surface area (Å²) in [5, 5.41) is 4.10. The third kappa shape index (κ3) is 1.54. The van der Waals surface area contributed by atoms with Gasteiger partial charge in [-0.05, 0) is 19.9 Å². The molecule has 0 radical (unpaired) electrons. The lowest BCUT2D eigenvalue weighted by Crippen LogP contribution is -2.24. The Balaban J connectivity index is 2.17. The van der Waals surface area contributed by atoms with E-state index in [0.717, 1.165) is 16.7 Å². The van der Waals surface area contributed by atoms with Gasteiger partial charge in [-0.2, -0.15) is 0 Å². The second kappa shape index (κ2) is 3.62. The van der Waals surface area contributed by atoms with Gasteiger partial charge in [0.2, 0.25) is 5.91 Å². The quantitative estimate of drug-likeness (QED) is 0.817. The number of carbonyl (C=O) groups excluding carboxylic acids is 1. The van der Waals surface area contributed by atoms with Gasteiger partial charge in [0.1, 0.15) is 11.3 Å². The third-order valence-electron chi connectivity index (χ3n) is 3.59. The number of rotatable bonds is 1. The lowest BCUT2D eigenvalue weighted by atomic mass is 9.90. The maximum absolute atomic E-state index is 11.5. The van der Waals surface area contributed by atoms with E-state index in [1.165, 1.54) is 5.56 Å². The van der Waals surface area contributed by atoms with E-state index < -0.39 is 0 Å².